The lowest BCUT2D eigenvalue weighted by atomic mass is 10.1. The molecular weight excluding hydrogens is 407 g/mol. The van der Waals surface area contributed by atoms with Gasteiger partial charge in [-0.1, -0.05) is 23.7 Å². The summed E-state index contributed by atoms with van der Waals surface area (Å²) in [6, 6.07) is 9.69. The van der Waals surface area contributed by atoms with Gasteiger partial charge in [0.2, 0.25) is 5.89 Å². The number of hydrogen-bond acceptors (Lipinski definition) is 5. The van der Waals surface area contributed by atoms with Gasteiger partial charge in [0.1, 0.15) is 5.69 Å². The molecule has 0 radical (unpaired) electrons. The number of fused-ring (bicyclic) bond motifs is 1. The molecule has 29 heavy (non-hydrogen) atoms. The van der Waals surface area contributed by atoms with E-state index in [4.69, 9.17) is 16.0 Å². The molecule has 4 aromatic rings. The predicted octanol–water partition coefficient (Wildman–Crippen LogP) is 4.92. The van der Waals surface area contributed by atoms with E-state index in [9.17, 15) is 13.2 Å². The van der Waals surface area contributed by atoms with Crippen LogP contribution in [-0.2, 0) is 12.6 Å². The highest BCUT2D eigenvalue weighted by atomic mass is 35.5. The maximum Gasteiger partial charge on any atom is 0.433 e. The van der Waals surface area contributed by atoms with Crippen molar-refractivity contribution in [2.24, 2.45) is 0 Å². The first-order valence-electron chi connectivity index (χ1n) is 8.92. The quantitative estimate of drug-likeness (QED) is 0.469. The summed E-state index contributed by atoms with van der Waals surface area (Å²) in [5.74, 6) is 0.419. The van der Waals surface area contributed by atoms with Crippen molar-refractivity contribution in [3.63, 3.8) is 0 Å². The number of hydrogen-bond donors (Lipinski definition) is 0. The van der Waals surface area contributed by atoms with E-state index in [2.05, 4.69) is 20.3 Å². The van der Waals surface area contributed by atoms with Crippen molar-refractivity contribution in [3.05, 3.63) is 64.3 Å². The van der Waals surface area contributed by atoms with Gasteiger partial charge in [-0.05, 0) is 36.6 Å². The Hall–Kier alpha value is -2.94. The SMILES string of the molecule is FC(F)(F)c1cc(C2CC2)nc2cc(-c3nnc(Cc4cccc(Cl)c4)o3)nn12. The van der Waals surface area contributed by atoms with Crippen LogP contribution in [0.25, 0.3) is 17.2 Å². The average molecular weight is 420 g/mol. The zero-order valence-electron chi connectivity index (χ0n) is 14.8. The van der Waals surface area contributed by atoms with Crippen LogP contribution >= 0.6 is 11.6 Å². The van der Waals surface area contributed by atoms with Crippen LogP contribution in [0.15, 0.2) is 40.8 Å². The summed E-state index contributed by atoms with van der Waals surface area (Å²) in [6.07, 6.45) is -2.52. The highest BCUT2D eigenvalue weighted by Gasteiger charge is 2.37. The number of benzene rings is 1. The summed E-state index contributed by atoms with van der Waals surface area (Å²) in [5, 5.41) is 12.5. The largest absolute Gasteiger partial charge is 0.433 e. The third-order valence-electron chi connectivity index (χ3n) is 4.66. The molecular formula is C19H13ClF3N5O. The van der Waals surface area contributed by atoms with Crippen LogP contribution in [0, 0.1) is 0 Å². The van der Waals surface area contributed by atoms with E-state index in [0.717, 1.165) is 29.0 Å². The van der Waals surface area contributed by atoms with Crippen LogP contribution in [0.1, 0.15) is 41.6 Å². The molecule has 5 rings (SSSR count). The molecule has 0 atom stereocenters. The predicted molar refractivity (Wildman–Crippen MR) is 97.5 cm³/mol. The van der Waals surface area contributed by atoms with E-state index in [1.165, 1.54) is 6.07 Å². The Morgan fingerprint density at radius 3 is 2.69 bits per heavy atom. The van der Waals surface area contributed by atoms with Crippen molar-refractivity contribution >= 4 is 17.2 Å². The molecule has 0 N–H and O–H groups in total. The number of aromatic nitrogens is 5. The molecule has 0 bridgehead atoms. The van der Waals surface area contributed by atoms with Gasteiger partial charge < -0.3 is 4.42 Å². The summed E-state index contributed by atoms with van der Waals surface area (Å²) in [7, 11) is 0. The first-order chi connectivity index (χ1) is 13.9. The van der Waals surface area contributed by atoms with Crippen molar-refractivity contribution in [1.29, 1.82) is 0 Å². The zero-order chi connectivity index (χ0) is 20.2. The molecule has 0 amide bonds. The molecule has 0 spiro atoms. The summed E-state index contributed by atoms with van der Waals surface area (Å²) >= 11 is 5.97. The molecule has 6 nitrogen and oxygen atoms in total. The molecule has 0 saturated heterocycles. The fourth-order valence-corrected chi connectivity index (χ4v) is 3.35. The molecule has 3 heterocycles. The smallest absolute Gasteiger partial charge is 0.419 e. The van der Waals surface area contributed by atoms with E-state index in [1.54, 1.807) is 18.2 Å². The third kappa shape index (κ3) is 3.57. The molecule has 1 saturated carbocycles. The van der Waals surface area contributed by atoms with Crippen molar-refractivity contribution in [3.8, 4) is 11.6 Å². The first kappa shape index (κ1) is 18.1. The highest BCUT2D eigenvalue weighted by molar-refractivity contribution is 6.30. The van der Waals surface area contributed by atoms with Crippen LogP contribution < -0.4 is 0 Å². The Balaban J connectivity index is 1.51. The van der Waals surface area contributed by atoms with Crippen LogP contribution in [0.4, 0.5) is 13.2 Å². The lowest BCUT2D eigenvalue weighted by molar-refractivity contribution is -0.142. The summed E-state index contributed by atoms with van der Waals surface area (Å²) < 4.78 is 47.0. The molecule has 10 heteroatoms. The molecule has 148 valence electrons. The minimum absolute atomic E-state index is 0.0358. The Morgan fingerprint density at radius 1 is 1.14 bits per heavy atom. The van der Waals surface area contributed by atoms with Gasteiger partial charge in [0.15, 0.2) is 11.3 Å². The summed E-state index contributed by atoms with van der Waals surface area (Å²) in [4.78, 5) is 4.34. The highest BCUT2D eigenvalue weighted by Crippen LogP contribution is 2.41. The van der Waals surface area contributed by atoms with Gasteiger partial charge in [-0.25, -0.2) is 9.50 Å². The second-order valence-electron chi connectivity index (χ2n) is 6.95. The Bertz CT molecular complexity index is 1210. The normalized spacial score (nSPS) is 14.6. The number of halogens is 4. The fourth-order valence-electron chi connectivity index (χ4n) is 3.14. The van der Waals surface area contributed by atoms with E-state index < -0.39 is 11.9 Å². The Kier molecular flexibility index (Phi) is 4.09. The van der Waals surface area contributed by atoms with E-state index in [1.807, 2.05) is 6.07 Å². The number of nitrogens with zero attached hydrogens (tertiary/aromatic N) is 5. The maximum absolute atomic E-state index is 13.5. The second-order valence-corrected chi connectivity index (χ2v) is 7.38. The first-order valence-corrected chi connectivity index (χ1v) is 9.30. The number of rotatable bonds is 4. The molecule has 1 aliphatic rings. The number of alkyl halides is 3. The van der Waals surface area contributed by atoms with Gasteiger partial charge in [0.25, 0.3) is 5.89 Å². The maximum atomic E-state index is 13.5. The van der Waals surface area contributed by atoms with Crippen LogP contribution in [0.5, 0.6) is 0 Å². The van der Waals surface area contributed by atoms with Crippen molar-refractivity contribution in [1.82, 2.24) is 24.8 Å². The van der Waals surface area contributed by atoms with Gasteiger partial charge in [-0.3, -0.25) is 0 Å². The van der Waals surface area contributed by atoms with E-state index in [0.29, 0.717) is 23.0 Å². The minimum Gasteiger partial charge on any atom is -0.419 e. The van der Waals surface area contributed by atoms with Crippen molar-refractivity contribution in [2.75, 3.05) is 0 Å². The monoisotopic (exact) mass is 419 g/mol. The molecule has 0 unspecified atom stereocenters. The topological polar surface area (TPSA) is 69.1 Å². The average Bonchev–Trinajstić information content (AvgIpc) is 3.25. The van der Waals surface area contributed by atoms with E-state index in [-0.39, 0.29) is 23.1 Å². The van der Waals surface area contributed by atoms with Gasteiger partial charge in [0.05, 0.1) is 6.42 Å². The third-order valence-corrected chi connectivity index (χ3v) is 4.90. The minimum atomic E-state index is -4.55. The standard InChI is InChI=1S/C19H13ClF3N5O/c20-12-3-1-2-10(6-12)7-17-25-26-18(29-17)14-9-16-24-13(11-4-5-11)8-15(19(21,22)23)28(16)27-14/h1-3,6,8-9,11H,4-5,7H2. The molecule has 1 aliphatic carbocycles. The van der Waals surface area contributed by atoms with Crippen molar-refractivity contribution < 1.29 is 17.6 Å². The molecule has 1 fully saturated rings. The van der Waals surface area contributed by atoms with Crippen molar-refractivity contribution in [2.45, 2.75) is 31.4 Å². The lowest BCUT2D eigenvalue weighted by Crippen LogP contribution is -2.14. The zero-order valence-corrected chi connectivity index (χ0v) is 15.6. The van der Waals surface area contributed by atoms with Crippen LogP contribution in [-0.4, -0.2) is 24.8 Å². The summed E-state index contributed by atoms with van der Waals surface area (Å²) in [6.45, 7) is 0. The molecule has 3 aromatic heterocycles. The lowest BCUT2D eigenvalue weighted by Gasteiger charge is -2.10. The van der Waals surface area contributed by atoms with Crippen LogP contribution in [0.2, 0.25) is 5.02 Å². The van der Waals surface area contributed by atoms with Crippen LogP contribution in [0.3, 0.4) is 0 Å². The van der Waals surface area contributed by atoms with Gasteiger partial charge >= 0.3 is 6.18 Å². The molecule has 1 aromatic carbocycles. The Labute approximate surface area is 167 Å². The second kappa shape index (κ2) is 6.55. The molecule has 0 aliphatic heterocycles. The Morgan fingerprint density at radius 2 is 1.97 bits per heavy atom. The fraction of sp³-hybridized carbons (Fsp3) is 0.263. The van der Waals surface area contributed by atoms with Gasteiger partial charge in [-0.2, -0.15) is 18.3 Å². The van der Waals surface area contributed by atoms with Gasteiger partial charge in [0, 0.05) is 22.7 Å². The summed E-state index contributed by atoms with van der Waals surface area (Å²) in [5.41, 5.74) is 0.683. The van der Waals surface area contributed by atoms with Gasteiger partial charge in [-0.15, -0.1) is 10.2 Å². The van der Waals surface area contributed by atoms with E-state index >= 15 is 0 Å².